The Balaban J connectivity index is 1.06. The molecule has 2 atom stereocenters. The molecule has 3 aliphatic heterocycles. The second kappa shape index (κ2) is 10.0. The van der Waals surface area contributed by atoms with E-state index in [2.05, 4.69) is 20.5 Å². The number of likely N-dealkylation sites (tertiary alicyclic amines) is 1. The molecule has 1 N–H and O–H groups in total. The predicted molar refractivity (Wildman–Crippen MR) is 150 cm³/mol. The molecule has 1 aromatic carbocycles. The van der Waals surface area contributed by atoms with Crippen LogP contribution in [0.5, 0.6) is 11.5 Å². The molecule has 2 saturated heterocycles. The highest BCUT2D eigenvalue weighted by Gasteiger charge is 2.42. The van der Waals surface area contributed by atoms with Gasteiger partial charge in [-0.3, -0.25) is 9.88 Å². The lowest BCUT2D eigenvalue weighted by Crippen LogP contribution is -2.35. The molecule has 0 aliphatic carbocycles. The highest BCUT2D eigenvalue weighted by Crippen LogP contribution is 2.49. The van der Waals surface area contributed by atoms with Crippen LogP contribution >= 0.6 is 22.9 Å². The number of fused-ring (bicyclic) bond motifs is 2. The maximum atomic E-state index is 11.5. The van der Waals surface area contributed by atoms with Crippen molar-refractivity contribution >= 4 is 39.3 Å². The fourth-order valence-electron chi connectivity index (χ4n) is 5.84. The van der Waals surface area contributed by atoms with Crippen LogP contribution in [0, 0.1) is 0 Å². The third kappa shape index (κ3) is 4.62. The van der Waals surface area contributed by atoms with Gasteiger partial charge in [0.25, 0.3) is 5.79 Å². The van der Waals surface area contributed by atoms with Crippen LogP contribution in [0.15, 0.2) is 42.6 Å². The Hall–Kier alpha value is -3.18. The summed E-state index contributed by atoms with van der Waals surface area (Å²) in [6.07, 6.45) is 4.75. The molecule has 7 rings (SSSR count). The van der Waals surface area contributed by atoms with E-state index in [4.69, 9.17) is 30.8 Å². The van der Waals surface area contributed by atoms with Crippen LogP contribution in [0.4, 0.5) is 0 Å². The summed E-state index contributed by atoms with van der Waals surface area (Å²) < 4.78 is 20.6. The van der Waals surface area contributed by atoms with E-state index < -0.39 is 11.8 Å². The van der Waals surface area contributed by atoms with E-state index in [0.717, 1.165) is 73.2 Å². The zero-order chi connectivity index (χ0) is 27.4. The number of thiophene rings is 1. The molecule has 0 amide bonds. The van der Waals surface area contributed by atoms with Crippen molar-refractivity contribution in [3.63, 3.8) is 0 Å². The Bertz CT molecular complexity index is 1580. The molecular weight excluding hydrogens is 552 g/mol. The number of aromatic nitrogens is 3. The van der Waals surface area contributed by atoms with Crippen molar-refractivity contribution < 1.29 is 24.1 Å². The Labute approximate surface area is 240 Å². The SMILES string of the molecule is C[C@@]1(c2ccc(Cl)cn2)Oc2cccc(C3CCN(Cc4nc5sc(C(=O)O)cc5n4C[C@@H]4CCO4)CC3)c2O1. The second-order valence-corrected chi connectivity index (χ2v) is 12.2. The molecule has 6 heterocycles. The Morgan fingerprint density at radius 2 is 2.02 bits per heavy atom. The summed E-state index contributed by atoms with van der Waals surface area (Å²) in [5.41, 5.74) is 2.73. The summed E-state index contributed by atoms with van der Waals surface area (Å²) in [6.45, 7) is 5.93. The van der Waals surface area contributed by atoms with Crippen LogP contribution in [0.2, 0.25) is 5.02 Å². The van der Waals surface area contributed by atoms with Crippen molar-refractivity contribution in [1.29, 1.82) is 0 Å². The van der Waals surface area contributed by atoms with Gasteiger partial charge in [0, 0.05) is 25.3 Å². The van der Waals surface area contributed by atoms with E-state index in [1.165, 1.54) is 16.9 Å². The summed E-state index contributed by atoms with van der Waals surface area (Å²) in [4.78, 5) is 24.3. The van der Waals surface area contributed by atoms with Gasteiger partial charge in [-0.05, 0) is 62.5 Å². The van der Waals surface area contributed by atoms with Gasteiger partial charge in [0.15, 0.2) is 11.5 Å². The first-order valence-corrected chi connectivity index (χ1v) is 14.7. The van der Waals surface area contributed by atoms with Crippen molar-refractivity contribution in [2.24, 2.45) is 0 Å². The third-order valence-electron chi connectivity index (χ3n) is 8.11. The number of piperidine rings is 1. The first kappa shape index (κ1) is 25.8. The van der Waals surface area contributed by atoms with Crippen molar-refractivity contribution in [2.45, 2.75) is 57.1 Å². The average molecular weight is 581 g/mol. The number of hydrogen-bond acceptors (Lipinski definition) is 8. The minimum Gasteiger partial charge on any atom is -0.477 e. The van der Waals surface area contributed by atoms with Crippen LogP contribution < -0.4 is 9.47 Å². The zero-order valence-corrected chi connectivity index (χ0v) is 23.6. The van der Waals surface area contributed by atoms with Crippen LogP contribution in [-0.4, -0.2) is 56.3 Å². The summed E-state index contributed by atoms with van der Waals surface area (Å²) >= 11 is 7.27. The van der Waals surface area contributed by atoms with Gasteiger partial charge in [0.05, 0.1) is 29.7 Å². The first-order valence-electron chi connectivity index (χ1n) is 13.6. The van der Waals surface area contributed by atoms with Crippen LogP contribution in [0.3, 0.4) is 0 Å². The lowest BCUT2D eigenvalue weighted by atomic mass is 9.88. The van der Waals surface area contributed by atoms with E-state index in [1.54, 1.807) is 18.3 Å². The normalized spacial score (nSPS) is 23.0. The topological polar surface area (TPSA) is 98.9 Å². The Morgan fingerprint density at radius 1 is 1.20 bits per heavy atom. The third-order valence-corrected chi connectivity index (χ3v) is 9.34. The van der Waals surface area contributed by atoms with E-state index in [-0.39, 0.29) is 6.10 Å². The van der Waals surface area contributed by atoms with Gasteiger partial charge >= 0.3 is 5.97 Å². The number of carbonyl (C=O) groups is 1. The molecule has 0 saturated carbocycles. The number of pyridine rings is 1. The smallest absolute Gasteiger partial charge is 0.346 e. The lowest BCUT2D eigenvalue weighted by Gasteiger charge is -2.33. The number of rotatable bonds is 7. The average Bonchev–Trinajstić information content (AvgIpc) is 3.58. The van der Waals surface area contributed by atoms with Crippen LogP contribution in [0.25, 0.3) is 10.3 Å². The monoisotopic (exact) mass is 580 g/mol. The zero-order valence-electron chi connectivity index (χ0n) is 22.0. The molecule has 40 heavy (non-hydrogen) atoms. The predicted octanol–water partition coefficient (Wildman–Crippen LogP) is 5.66. The van der Waals surface area contributed by atoms with Gasteiger partial charge in [0.1, 0.15) is 21.2 Å². The van der Waals surface area contributed by atoms with E-state index in [9.17, 15) is 9.90 Å². The molecule has 0 bridgehead atoms. The molecule has 9 nitrogen and oxygen atoms in total. The number of benzene rings is 1. The Kier molecular flexibility index (Phi) is 6.46. The van der Waals surface area contributed by atoms with Crippen molar-refractivity contribution in [3.05, 3.63) is 69.6 Å². The molecular formula is C29H29ClN4O5S. The maximum absolute atomic E-state index is 11.5. The molecule has 0 unspecified atom stereocenters. The number of halogens is 1. The molecule has 4 aromatic rings. The number of carboxylic acids is 1. The van der Waals surface area contributed by atoms with Crippen LogP contribution in [-0.2, 0) is 23.6 Å². The maximum Gasteiger partial charge on any atom is 0.346 e. The molecule has 3 aliphatic rings. The number of carboxylic acid groups (broad SMARTS) is 1. The molecule has 11 heteroatoms. The minimum absolute atomic E-state index is 0.159. The largest absolute Gasteiger partial charge is 0.477 e. The van der Waals surface area contributed by atoms with Gasteiger partial charge in [-0.1, -0.05) is 23.7 Å². The summed E-state index contributed by atoms with van der Waals surface area (Å²) in [7, 11) is 0. The molecule has 0 spiro atoms. The number of imidazole rings is 1. The molecule has 3 aromatic heterocycles. The van der Waals surface area contributed by atoms with Gasteiger partial charge < -0.3 is 23.9 Å². The number of nitrogens with zero attached hydrogens (tertiary/aromatic N) is 4. The van der Waals surface area contributed by atoms with Crippen LogP contribution in [0.1, 0.15) is 58.9 Å². The van der Waals surface area contributed by atoms with E-state index in [0.29, 0.717) is 28.1 Å². The summed E-state index contributed by atoms with van der Waals surface area (Å²) in [6, 6.07) is 11.5. The standard InChI is InChI=1S/C29H29ClN4O5S/c1-29(24-6-5-18(30)14-31-24)38-22-4-2-3-20(26(22)39-29)17-7-10-33(11-8-17)16-25-32-27-21(13-23(40-27)28(35)36)34(25)15-19-9-12-37-19/h2-6,13-14,17,19H,7-12,15-16H2,1H3,(H,35,36)/t19-,29+/m0/s1. The van der Waals surface area contributed by atoms with Gasteiger partial charge in [0.2, 0.25) is 0 Å². The van der Waals surface area contributed by atoms with Crippen molar-refractivity contribution in [2.75, 3.05) is 19.7 Å². The fourth-order valence-corrected chi connectivity index (χ4v) is 6.85. The quantitative estimate of drug-likeness (QED) is 0.299. The van der Waals surface area contributed by atoms with E-state index >= 15 is 0 Å². The Morgan fingerprint density at radius 3 is 2.73 bits per heavy atom. The van der Waals surface area contributed by atoms with Gasteiger partial charge in [-0.25, -0.2) is 9.78 Å². The summed E-state index contributed by atoms with van der Waals surface area (Å²) in [5, 5.41) is 10.0. The highest BCUT2D eigenvalue weighted by atomic mass is 35.5. The molecule has 208 valence electrons. The minimum atomic E-state index is -1.00. The van der Waals surface area contributed by atoms with E-state index in [1.807, 2.05) is 25.1 Å². The second-order valence-electron chi connectivity index (χ2n) is 10.8. The molecule has 0 radical (unpaired) electrons. The number of ether oxygens (including phenoxy) is 3. The number of hydrogen-bond donors (Lipinski definition) is 1. The van der Waals surface area contributed by atoms with Gasteiger partial charge in [-0.2, -0.15) is 0 Å². The fraction of sp³-hybridized carbons (Fsp3) is 0.414. The summed E-state index contributed by atoms with van der Waals surface area (Å²) in [5.74, 6) is 0.935. The first-order chi connectivity index (χ1) is 19.4. The lowest BCUT2D eigenvalue weighted by molar-refractivity contribution is -0.0722. The molecule has 2 fully saturated rings. The van der Waals surface area contributed by atoms with Gasteiger partial charge in [-0.15, -0.1) is 11.3 Å². The van der Waals surface area contributed by atoms with Crippen molar-refractivity contribution in [3.8, 4) is 11.5 Å². The number of para-hydroxylation sites is 1. The highest BCUT2D eigenvalue weighted by molar-refractivity contribution is 7.20. The number of aromatic carboxylic acids is 1. The van der Waals surface area contributed by atoms with Crippen molar-refractivity contribution in [1.82, 2.24) is 19.4 Å².